The smallest absolute Gasteiger partial charge is 0.337 e. The normalized spacial score (nSPS) is 13.4. The van der Waals surface area contributed by atoms with Crippen LogP contribution in [0.15, 0.2) is 24.3 Å². The Morgan fingerprint density at radius 1 is 1.29 bits per heavy atom. The SMILES string of the molecule is C[C@H](N)C(=O)c1ccccc1C(O)C(=O)O.Cl. The standard InChI is InChI=1S/C11H13NO4.ClH/c1-6(12)9(13)7-4-2-3-5-8(7)10(14)11(15)16;/h2-6,10,14H,12H2,1H3,(H,15,16);1H/t6-,10?;/m0./s1. The molecule has 1 aromatic rings. The first kappa shape index (κ1) is 15.6. The number of carbonyl (C=O) groups excluding carboxylic acids is 1. The van der Waals surface area contributed by atoms with E-state index in [2.05, 4.69) is 0 Å². The molecule has 0 heterocycles. The topological polar surface area (TPSA) is 101 Å². The average molecular weight is 260 g/mol. The fourth-order valence-electron chi connectivity index (χ4n) is 1.34. The van der Waals surface area contributed by atoms with E-state index in [1.54, 1.807) is 12.1 Å². The van der Waals surface area contributed by atoms with E-state index < -0.39 is 23.9 Å². The van der Waals surface area contributed by atoms with E-state index in [1.807, 2.05) is 0 Å². The predicted molar refractivity (Wildman–Crippen MR) is 64.3 cm³/mol. The van der Waals surface area contributed by atoms with Crippen LogP contribution in [0, 0.1) is 0 Å². The molecule has 2 atom stereocenters. The van der Waals surface area contributed by atoms with Gasteiger partial charge in [-0.25, -0.2) is 4.79 Å². The largest absolute Gasteiger partial charge is 0.479 e. The van der Waals surface area contributed by atoms with Crippen molar-refractivity contribution in [2.75, 3.05) is 0 Å². The van der Waals surface area contributed by atoms with Crippen LogP contribution < -0.4 is 5.73 Å². The van der Waals surface area contributed by atoms with Crippen LogP contribution in [-0.4, -0.2) is 28.0 Å². The zero-order valence-corrected chi connectivity index (χ0v) is 9.98. The molecule has 6 heteroatoms. The Bertz CT molecular complexity index is 420. The van der Waals surface area contributed by atoms with Gasteiger partial charge in [0.15, 0.2) is 11.9 Å². The van der Waals surface area contributed by atoms with Crippen molar-refractivity contribution in [3.8, 4) is 0 Å². The number of carbonyl (C=O) groups is 2. The van der Waals surface area contributed by atoms with Crippen molar-refractivity contribution in [2.45, 2.75) is 19.1 Å². The highest BCUT2D eigenvalue weighted by Gasteiger charge is 2.23. The molecule has 0 bridgehead atoms. The van der Waals surface area contributed by atoms with Crippen molar-refractivity contribution in [2.24, 2.45) is 5.73 Å². The van der Waals surface area contributed by atoms with Crippen LogP contribution in [0.5, 0.6) is 0 Å². The second kappa shape index (κ2) is 6.34. The Morgan fingerprint density at radius 3 is 2.29 bits per heavy atom. The molecule has 1 unspecified atom stereocenters. The van der Waals surface area contributed by atoms with Crippen LogP contribution in [0.2, 0.25) is 0 Å². The van der Waals surface area contributed by atoms with Crippen molar-refractivity contribution in [1.29, 1.82) is 0 Å². The summed E-state index contributed by atoms with van der Waals surface area (Å²) in [5, 5.41) is 18.1. The van der Waals surface area contributed by atoms with Gasteiger partial charge in [0, 0.05) is 11.1 Å². The second-order valence-electron chi connectivity index (χ2n) is 3.48. The number of carboxylic acids is 1. The predicted octanol–water partition coefficient (Wildman–Crippen LogP) is 0.756. The first-order chi connectivity index (χ1) is 7.45. The van der Waals surface area contributed by atoms with Gasteiger partial charge in [-0.2, -0.15) is 0 Å². The van der Waals surface area contributed by atoms with Crippen molar-refractivity contribution >= 4 is 24.2 Å². The highest BCUT2D eigenvalue weighted by Crippen LogP contribution is 2.19. The van der Waals surface area contributed by atoms with Gasteiger partial charge in [-0.1, -0.05) is 24.3 Å². The van der Waals surface area contributed by atoms with Crippen LogP contribution in [0.4, 0.5) is 0 Å². The maximum absolute atomic E-state index is 11.7. The number of hydrogen-bond acceptors (Lipinski definition) is 4. The van der Waals surface area contributed by atoms with Crippen LogP contribution >= 0.6 is 12.4 Å². The van der Waals surface area contributed by atoms with Gasteiger partial charge in [0.1, 0.15) is 0 Å². The number of carboxylic acid groups (broad SMARTS) is 1. The number of nitrogens with two attached hydrogens (primary N) is 1. The van der Waals surface area contributed by atoms with Gasteiger partial charge in [-0.3, -0.25) is 4.79 Å². The molecule has 4 N–H and O–H groups in total. The quantitative estimate of drug-likeness (QED) is 0.693. The Labute approximate surface area is 105 Å². The minimum absolute atomic E-state index is 0. The summed E-state index contributed by atoms with van der Waals surface area (Å²) in [5.74, 6) is -1.79. The minimum Gasteiger partial charge on any atom is -0.479 e. The molecule has 0 saturated carbocycles. The molecule has 0 aliphatic rings. The third-order valence-corrected chi connectivity index (χ3v) is 2.17. The first-order valence-electron chi connectivity index (χ1n) is 4.74. The summed E-state index contributed by atoms with van der Waals surface area (Å²) < 4.78 is 0. The third-order valence-electron chi connectivity index (χ3n) is 2.17. The summed E-state index contributed by atoms with van der Waals surface area (Å²) in [6.45, 7) is 1.51. The highest BCUT2D eigenvalue weighted by molar-refractivity contribution is 6.01. The second-order valence-corrected chi connectivity index (χ2v) is 3.48. The Morgan fingerprint density at radius 2 is 1.82 bits per heavy atom. The van der Waals surface area contributed by atoms with Crippen LogP contribution in [0.1, 0.15) is 28.9 Å². The molecule has 0 aromatic heterocycles. The lowest BCUT2D eigenvalue weighted by molar-refractivity contribution is -0.146. The molecule has 0 aliphatic carbocycles. The summed E-state index contributed by atoms with van der Waals surface area (Å²) in [4.78, 5) is 22.3. The number of hydrogen-bond donors (Lipinski definition) is 3. The summed E-state index contributed by atoms with van der Waals surface area (Å²) >= 11 is 0. The molecule has 0 amide bonds. The van der Waals surface area contributed by atoms with Gasteiger partial charge in [0.05, 0.1) is 6.04 Å². The molecule has 0 saturated heterocycles. The molecule has 0 aliphatic heterocycles. The summed E-state index contributed by atoms with van der Waals surface area (Å²) in [6, 6.07) is 5.26. The number of rotatable bonds is 4. The Hall–Kier alpha value is -1.43. The number of aliphatic carboxylic acids is 1. The maximum atomic E-state index is 11.7. The van der Waals surface area contributed by atoms with E-state index in [4.69, 9.17) is 10.8 Å². The van der Waals surface area contributed by atoms with Gasteiger partial charge >= 0.3 is 5.97 Å². The molecule has 0 radical (unpaired) electrons. The first-order valence-corrected chi connectivity index (χ1v) is 4.74. The highest BCUT2D eigenvalue weighted by atomic mass is 35.5. The van der Waals surface area contributed by atoms with E-state index >= 15 is 0 Å². The molecule has 0 spiro atoms. The van der Waals surface area contributed by atoms with Crippen molar-refractivity contribution in [1.82, 2.24) is 0 Å². The summed E-state index contributed by atoms with van der Waals surface area (Å²) in [7, 11) is 0. The number of ketones is 1. The number of halogens is 1. The van der Waals surface area contributed by atoms with Gasteiger partial charge in [0.25, 0.3) is 0 Å². The molecular weight excluding hydrogens is 246 g/mol. The van der Waals surface area contributed by atoms with E-state index in [-0.39, 0.29) is 23.5 Å². The lowest BCUT2D eigenvalue weighted by atomic mass is 9.96. The van der Waals surface area contributed by atoms with E-state index in [1.165, 1.54) is 19.1 Å². The molecule has 5 nitrogen and oxygen atoms in total. The molecule has 0 fully saturated rings. The van der Waals surface area contributed by atoms with Crippen LogP contribution in [-0.2, 0) is 4.79 Å². The Kier molecular flexibility index (Phi) is 5.81. The number of benzene rings is 1. The van der Waals surface area contributed by atoms with Gasteiger partial charge in [0.2, 0.25) is 0 Å². The van der Waals surface area contributed by atoms with Crippen molar-refractivity contribution < 1.29 is 19.8 Å². The minimum atomic E-state index is -1.71. The lowest BCUT2D eigenvalue weighted by Crippen LogP contribution is -2.28. The van der Waals surface area contributed by atoms with Crippen LogP contribution in [0.25, 0.3) is 0 Å². The molecular formula is C11H14ClNO4. The molecule has 17 heavy (non-hydrogen) atoms. The van der Waals surface area contributed by atoms with E-state index in [0.29, 0.717) is 0 Å². The third kappa shape index (κ3) is 3.52. The fraction of sp³-hybridized carbons (Fsp3) is 0.273. The van der Waals surface area contributed by atoms with E-state index in [9.17, 15) is 14.7 Å². The molecule has 94 valence electrons. The molecule has 1 aromatic carbocycles. The van der Waals surface area contributed by atoms with Crippen LogP contribution in [0.3, 0.4) is 0 Å². The van der Waals surface area contributed by atoms with Gasteiger partial charge in [-0.15, -0.1) is 12.4 Å². The zero-order chi connectivity index (χ0) is 12.3. The zero-order valence-electron chi connectivity index (χ0n) is 9.16. The fourth-order valence-corrected chi connectivity index (χ4v) is 1.34. The van der Waals surface area contributed by atoms with Gasteiger partial charge < -0.3 is 15.9 Å². The lowest BCUT2D eigenvalue weighted by Gasteiger charge is -2.12. The monoisotopic (exact) mass is 259 g/mol. The van der Waals surface area contributed by atoms with Crippen molar-refractivity contribution in [3.05, 3.63) is 35.4 Å². The summed E-state index contributed by atoms with van der Waals surface area (Å²) in [6.07, 6.45) is -1.71. The number of aliphatic hydroxyl groups is 1. The number of aliphatic hydroxyl groups excluding tert-OH is 1. The Balaban J connectivity index is 0.00000256. The summed E-state index contributed by atoms with van der Waals surface area (Å²) in [5.41, 5.74) is 5.65. The van der Waals surface area contributed by atoms with Gasteiger partial charge in [-0.05, 0) is 6.92 Å². The molecule has 1 rings (SSSR count). The number of Topliss-reactive ketones (excluding diaryl/α,β-unsaturated/α-hetero) is 1. The van der Waals surface area contributed by atoms with E-state index in [0.717, 1.165) is 0 Å². The average Bonchev–Trinajstić information content (AvgIpc) is 2.26. The maximum Gasteiger partial charge on any atom is 0.337 e. The van der Waals surface area contributed by atoms with Crippen molar-refractivity contribution in [3.63, 3.8) is 0 Å².